The van der Waals surface area contributed by atoms with Gasteiger partial charge in [-0.15, -0.1) is 6.58 Å². The summed E-state index contributed by atoms with van der Waals surface area (Å²) in [6.45, 7) is 2.47. The molecule has 10 heteroatoms. The summed E-state index contributed by atoms with van der Waals surface area (Å²) in [5, 5.41) is 0.831. The number of anilines is 1. The van der Waals surface area contributed by atoms with E-state index in [4.69, 9.17) is 11.6 Å². The Balaban J connectivity index is 3.30. The van der Waals surface area contributed by atoms with Crippen molar-refractivity contribution in [2.45, 2.75) is 12.4 Å². The van der Waals surface area contributed by atoms with Gasteiger partial charge in [0.25, 0.3) is 11.3 Å². The van der Waals surface area contributed by atoms with Gasteiger partial charge in [0.15, 0.2) is 0 Å². The molecule has 122 valence electrons. The first-order chi connectivity index (χ1) is 9.86. The molecule has 0 saturated heterocycles. The highest BCUT2D eigenvalue weighted by atomic mass is 35.5. The van der Waals surface area contributed by atoms with Crippen molar-refractivity contribution in [3.05, 3.63) is 41.7 Å². The maximum absolute atomic E-state index is 12.9. The summed E-state index contributed by atoms with van der Waals surface area (Å²) in [6.07, 6.45) is -12.5. The van der Waals surface area contributed by atoms with Crippen LogP contribution in [0.2, 0.25) is 5.02 Å². The largest absolute Gasteiger partial charge is 0.415 e. The molecule has 0 heterocycles. The van der Waals surface area contributed by atoms with Gasteiger partial charge in [-0.3, -0.25) is 4.79 Å². The van der Waals surface area contributed by atoms with Gasteiger partial charge in [-0.2, -0.15) is 26.3 Å². The van der Waals surface area contributed by atoms with Gasteiger partial charge in [-0.1, -0.05) is 17.7 Å². The molecule has 1 rings (SSSR count). The van der Waals surface area contributed by atoms with Crippen LogP contribution in [0.15, 0.2) is 30.9 Å². The van der Waals surface area contributed by atoms with Crippen molar-refractivity contribution in [2.24, 2.45) is 5.41 Å². The van der Waals surface area contributed by atoms with Gasteiger partial charge in [-0.05, 0) is 18.2 Å². The zero-order chi connectivity index (χ0) is 17.3. The molecule has 0 aliphatic heterocycles. The number of hydrogen-bond donors (Lipinski definition) is 1. The molecule has 0 radical (unpaired) electrons. The van der Waals surface area contributed by atoms with Gasteiger partial charge in [0.1, 0.15) is 5.82 Å². The van der Waals surface area contributed by atoms with Gasteiger partial charge < -0.3 is 5.32 Å². The molecular formula is C12H7ClF7NO. The first-order valence-corrected chi connectivity index (χ1v) is 5.78. The highest BCUT2D eigenvalue weighted by molar-refractivity contribution is 6.31. The quantitative estimate of drug-likeness (QED) is 0.621. The first-order valence-electron chi connectivity index (χ1n) is 5.40. The van der Waals surface area contributed by atoms with Crippen LogP contribution in [0.4, 0.5) is 36.4 Å². The lowest BCUT2D eigenvalue weighted by Gasteiger charge is -2.33. The van der Waals surface area contributed by atoms with E-state index in [1.165, 1.54) is 5.32 Å². The fraction of sp³-hybridized carbons (Fsp3) is 0.250. The molecule has 1 aromatic rings. The van der Waals surface area contributed by atoms with Crippen LogP contribution in [0.5, 0.6) is 0 Å². The van der Waals surface area contributed by atoms with Crippen LogP contribution in [-0.2, 0) is 4.79 Å². The number of benzene rings is 1. The smallest absolute Gasteiger partial charge is 0.325 e. The number of carbonyl (C=O) groups is 1. The third-order valence-corrected chi connectivity index (χ3v) is 3.03. The SMILES string of the molecule is C=CC(C(=O)Nc1ccc(F)c(Cl)c1)(C(F)(F)F)C(F)(F)F. The van der Waals surface area contributed by atoms with Crippen LogP contribution < -0.4 is 5.32 Å². The van der Waals surface area contributed by atoms with Crippen molar-refractivity contribution < 1.29 is 35.5 Å². The summed E-state index contributed by atoms with van der Waals surface area (Å²) in [5.41, 5.74) is -5.34. The molecule has 1 amide bonds. The highest BCUT2D eigenvalue weighted by Gasteiger charge is 2.73. The molecule has 0 saturated carbocycles. The Labute approximate surface area is 124 Å². The van der Waals surface area contributed by atoms with Crippen molar-refractivity contribution >= 4 is 23.2 Å². The number of rotatable bonds is 3. The molecule has 0 aliphatic rings. The van der Waals surface area contributed by atoms with E-state index in [2.05, 4.69) is 6.58 Å². The molecule has 2 nitrogen and oxygen atoms in total. The third kappa shape index (κ3) is 3.03. The Kier molecular flexibility index (Phi) is 4.81. The average Bonchev–Trinajstić information content (AvgIpc) is 2.31. The zero-order valence-corrected chi connectivity index (χ0v) is 11.2. The average molecular weight is 350 g/mol. The molecule has 22 heavy (non-hydrogen) atoms. The summed E-state index contributed by atoms with van der Waals surface area (Å²) in [4.78, 5) is 11.6. The topological polar surface area (TPSA) is 29.1 Å². The molecule has 0 unspecified atom stereocenters. The fourth-order valence-corrected chi connectivity index (χ4v) is 1.73. The third-order valence-electron chi connectivity index (χ3n) is 2.74. The van der Waals surface area contributed by atoms with E-state index in [9.17, 15) is 35.5 Å². The minimum atomic E-state index is -5.97. The summed E-state index contributed by atoms with van der Waals surface area (Å²) in [7, 11) is 0. The summed E-state index contributed by atoms with van der Waals surface area (Å²) >= 11 is 5.33. The number of alkyl halides is 6. The second kappa shape index (κ2) is 5.79. The van der Waals surface area contributed by atoms with Crippen LogP contribution in [0.25, 0.3) is 0 Å². The van der Waals surface area contributed by atoms with Crippen molar-refractivity contribution in [3.63, 3.8) is 0 Å². The first kappa shape index (κ1) is 18.3. The van der Waals surface area contributed by atoms with Crippen LogP contribution >= 0.6 is 11.6 Å². The standard InChI is InChI=1S/C12H7ClF7NO/c1-2-10(11(15,16)17,12(18,19)20)9(22)21-6-3-4-8(14)7(13)5-6/h2-5H,1H2,(H,21,22). The van der Waals surface area contributed by atoms with E-state index in [0.717, 1.165) is 6.07 Å². The van der Waals surface area contributed by atoms with Gasteiger partial charge in [0.2, 0.25) is 0 Å². The van der Waals surface area contributed by atoms with Crippen LogP contribution in [0, 0.1) is 11.2 Å². The van der Waals surface area contributed by atoms with E-state index in [1.54, 1.807) is 0 Å². The lowest BCUT2D eigenvalue weighted by molar-refractivity contribution is -0.305. The Morgan fingerprint density at radius 1 is 1.14 bits per heavy atom. The normalized spacial score (nSPS) is 12.9. The van der Waals surface area contributed by atoms with Crippen molar-refractivity contribution in [1.29, 1.82) is 0 Å². The summed E-state index contributed by atoms with van der Waals surface area (Å²) < 4.78 is 89.9. The van der Waals surface area contributed by atoms with Gasteiger partial charge in [-0.25, -0.2) is 4.39 Å². The van der Waals surface area contributed by atoms with Crippen LogP contribution in [0.1, 0.15) is 0 Å². The maximum Gasteiger partial charge on any atom is 0.415 e. The minimum absolute atomic E-state index is 0.531. The minimum Gasteiger partial charge on any atom is -0.325 e. The highest BCUT2D eigenvalue weighted by Crippen LogP contribution is 2.51. The molecule has 1 aromatic carbocycles. The molecule has 0 atom stereocenters. The van der Waals surface area contributed by atoms with Crippen LogP contribution in [0.3, 0.4) is 0 Å². The second-order valence-electron chi connectivity index (χ2n) is 4.09. The molecular weight excluding hydrogens is 343 g/mol. The van der Waals surface area contributed by atoms with Crippen molar-refractivity contribution in [3.8, 4) is 0 Å². The Morgan fingerprint density at radius 2 is 1.64 bits per heavy atom. The molecule has 1 N–H and O–H groups in total. The number of nitrogens with one attached hydrogen (secondary N) is 1. The Morgan fingerprint density at radius 3 is 2.00 bits per heavy atom. The molecule has 0 aromatic heterocycles. The lowest BCUT2D eigenvalue weighted by Crippen LogP contribution is -2.56. The fourth-order valence-electron chi connectivity index (χ4n) is 1.55. The number of halogens is 8. The number of amides is 1. The maximum atomic E-state index is 12.9. The van der Waals surface area contributed by atoms with Gasteiger partial charge in [0, 0.05) is 5.69 Å². The predicted molar refractivity (Wildman–Crippen MR) is 64.8 cm³/mol. The van der Waals surface area contributed by atoms with E-state index in [1.807, 2.05) is 0 Å². The lowest BCUT2D eigenvalue weighted by atomic mass is 9.85. The van der Waals surface area contributed by atoms with E-state index < -0.39 is 46.3 Å². The Hall–Kier alpha value is -1.77. The number of carbonyl (C=O) groups excluding carboxylic acids is 1. The number of hydrogen-bond acceptors (Lipinski definition) is 1. The second-order valence-corrected chi connectivity index (χ2v) is 4.50. The van der Waals surface area contributed by atoms with E-state index in [-0.39, 0.29) is 0 Å². The Bertz CT molecular complexity index is 580. The molecule has 0 fully saturated rings. The van der Waals surface area contributed by atoms with Gasteiger partial charge >= 0.3 is 12.4 Å². The molecule has 0 spiro atoms. The van der Waals surface area contributed by atoms with Crippen LogP contribution in [-0.4, -0.2) is 18.3 Å². The molecule has 0 bridgehead atoms. The zero-order valence-electron chi connectivity index (χ0n) is 10.4. The summed E-state index contributed by atoms with van der Waals surface area (Å²) in [5.74, 6) is -3.38. The predicted octanol–water partition coefficient (Wildman–Crippen LogP) is 4.71. The van der Waals surface area contributed by atoms with E-state index >= 15 is 0 Å². The van der Waals surface area contributed by atoms with Gasteiger partial charge in [0.05, 0.1) is 5.02 Å². The van der Waals surface area contributed by atoms with Crippen molar-refractivity contribution in [2.75, 3.05) is 5.32 Å². The molecule has 0 aliphatic carbocycles. The van der Waals surface area contributed by atoms with E-state index in [0.29, 0.717) is 12.1 Å². The summed E-state index contributed by atoms with van der Waals surface area (Å²) in [6, 6.07) is 2.11. The van der Waals surface area contributed by atoms with Crippen molar-refractivity contribution in [1.82, 2.24) is 0 Å². The monoisotopic (exact) mass is 349 g/mol.